The number of hydrogen-bond donors (Lipinski definition) is 0. The number of fused-ring (bicyclic) bond motifs is 1. The van der Waals surface area contributed by atoms with Crippen LogP contribution in [0.15, 0.2) is 120 Å². The van der Waals surface area contributed by atoms with Crippen LogP contribution in [0, 0.1) is 13.8 Å². The Morgan fingerprint density at radius 1 is 0.588 bits per heavy atom. The van der Waals surface area contributed by atoms with Crippen molar-refractivity contribution in [3.8, 4) is 0 Å². The van der Waals surface area contributed by atoms with E-state index >= 15 is 0 Å². The van der Waals surface area contributed by atoms with Gasteiger partial charge in [-0.05, 0) is 74.0 Å². The number of aryl methyl sites for hydroxylation is 2. The Bertz CT molecular complexity index is 1390. The van der Waals surface area contributed by atoms with Gasteiger partial charge in [-0.15, -0.1) is 0 Å². The second kappa shape index (κ2) is 9.68. The Morgan fingerprint density at radius 3 is 1.82 bits per heavy atom. The fourth-order valence-corrected chi connectivity index (χ4v) is 3.99. The Labute approximate surface area is 201 Å². The molecule has 0 spiro atoms. The smallest absolute Gasteiger partial charge is 0.134 e. The van der Waals surface area contributed by atoms with E-state index in [4.69, 9.17) is 4.42 Å². The summed E-state index contributed by atoms with van der Waals surface area (Å²) in [6.07, 6.45) is 8.12. The van der Waals surface area contributed by atoms with Crippen molar-refractivity contribution >= 4 is 40.2 Å². The quantitative estimate of drug-likeness (QED) is 0.244. The first-order valence-corrected chi connectivity index (χ1v) is 11.5. The fourth-order valence-electron chi connectivity index (χ4n) is 3.99. The van der Waals surface area contributed by atoms with Crippen LogP contribution in [-0.4, -0.2) is 0 Å². The summed E-state index contributed by atoms with van der Waals surface area (Å²) in [6, 6.07) is 36.0. The molecule has 1 heterocycles. The van der Waals surface area contributed by atoms with Crippen LogP contribution >= 0.6 is 0 Å². The van der Waals surface area contributed by atoms with Crippen molar-refractivity contribution in [3.05, 3.63) is 138 Å². The Balaban J connectivity index is 1.46. The van der Waals surface area contributed by atoms with E-state index in [2.05, 4.69) is 110 Å². The van der Waals surface area contributed by atoms with Crippen LogP contribution in [0.5, 0.6) is 0 Å². The van der Waals surface area contributed by atoms with Gasteiger partial charge in [0.25, 0.3) is 0 Å². The largest absolute Gasteiger partial charge is 0.457 e. The molecule has 0 aliphatic carbocycles. The zero-order valence-electron chi connectivity index (χ0n) is 19.5. The lowest BCUT2D eigenvalue weighted by Crippen LogP contribution is -2.09. The maximum Gasteiger partial charge on any atom is 0.134 e. The van der Waals surface area contributed by atoms with E-state index in [1.807, 2.05) is 36.4 Å². The summed E-state index contributed by atoms with van der Waals surface area (Å²) in [5.74, 6) is 0.835. The molecule has 166 valence electrons. The van der Waals surface area contributed by atoms with Crippen LogP contribution in [0.4, 0.5) is 17.1 Å². The molecule has 0 saturated carbocycles. The van der Waals surface area contributed by atoms with Crippen molar-refractivity contribution < 1.29 is 4.42 Å². The molecular weight excluding hydrogens is 414 g/mol. The van der Waals surface area contributed by atoms with Gasteiger partial charge in [-0.25, -0.2) is 0 Å². The van der Waals surface area contributed by atoms with E-state index in [1.165, 1.54) is 16.7 Å². The van der Waals surface area contributed by atoms with Crippen molar-refractivity contribution in [1.29, 1.82) is 0 Å². The summed E-state index contributed by atoms with van der Waals surface area (Å²) in [7, 11) is 0. The standard InChI is InChI=1S/C32H27NO/c1-24-12-16-28(17-13-24)33(29-18-14-25(2)15-19-29)30-20-21-32-27(22-30)23-31(34-32)11-7-6-10-26-8-4-3-5-9-26/h3-23H,1-2H3/b10-6+,11-7+. The van der Waals surface area contributed by atoms with Crippen LogP contribution in [0.3, 0.4) is 0 Å². The third-order valence-corrected chi connectivity index (χ3v) is 5.82. The highest BCUT2D eigenvalue weighted by molar-refractivity contribution is 5.87. The summed E-state index contributed by atoms with van der Waals surface area (Å²) in [5.41, 5.74) is 7.90. The molecule has 0 radical (unpaired) electrons. The predicted molar refractivity (Wildman–Crippen MR) is 145 cm³/mol. The number of allylic oxidation sites excluding steroid dienone is 2. The van der Waals surface area contributed by atoms with Gasteiger partial charge in [0.15, 0.2) is 0 Å². The van der Waals surface area contributed by atoms with Gasteiger partial charge < -0.3 is 9.32 Å². The van der Waals surface area contributed by atoms with Crippen molar-refractivity contribution in [2.75, 3.05) is 4.90 Å². The summed E-state index contributed by atoms with van der Waals surface area (Å²) < 4.78 is 6.06. The average Bonchev–Trinajstić information content (AvgIpc) is 3.27. The predicted octanol–water partition coefficient (Wildman–Crippen LogP) is 9.25. The molecule has 0 bridgehead atoms. The molecule has 0 saturated heterocycles. The van der Waals surface area contributed by atoms with E-state index in [0.29, 0.717) is 0 Å². The molecule has 34 heavy (non-hydrogen) atoms. The first-order valence-electron chi connectivity index (χ1n) is 11.5. The molecule has 0 unspecified atom stereocenters. The molecule has 5 rings (SSSR count). The number of anilines is 3. The first kappa shape index (κ1) is 21.5. The second-order valence-corrected chi connectivity index (χ2v) is 8.51. The zero-order valence-corrected chi connectivity index (χ0v) is 19.5. The highest BCUT2D eigenvalue weighted by atomic mass is 16.3. The van der Waals surface area contributed by atoms with E-state index < -0.39 is 0 Å². The van der Waals surface area contributed by atoms with Crippen LogP contribution in [-0.2, 0) is 0 Å². The normalized spacial score (nSPS) is 11.6. The third kappa shape index (κ3) is 4.87. The van der Waals surface area contributed by atoms with Gasteiger partial charge in [0.2, 0.25) is 0 Å². The molecule has 0 amide bonds. The molecule has 0 aliphatic rings. The first-order chi connectivity index (χ1) is 16.7. The molecule has 0 aliphatic heterocycles. The van der Waals surface area contributed by atoms with E-state index in [1.54, 1.807) is 0 Å². The van der Waals surface area contributed by atoms with Gasteiger partial charge >= 0.3 is 0 Å². The van der Waals surface area contributed by atoms with E-state index in [-0.39, 0.29) is 0 Å². The third-order valence-electron chi connectivity index (χ3n) is 5.82. The van der Waals surface area contributed by atoms with Crippen molar-refractivity contribution in [1.82, 2.24) is 0 Å². The Hall–Kier alpha value is -4.30. The number of rotatable bonds is 6. The topological polar surface area (TPSA) is 16.4 Å². The van der Waals surface area contributed by atoms with Crippen LogP contribution in [0.25, 0.3) is 23.1 Å². The molecule has 5 aromatic rings. The molecular formula is C32H27NO. The number of furan rings is 1. The lowest BCUT2D eigenvalue weighted by Gasteiger charge is -2.25. The number of benzene rings is 4. The summed E-state index contributed by atoms with van der Waals surface area (Å²) in [5, 5.41) is 1.08. The van der Waals surface area contributed by atoms with Gasteiger partial charge in [0, 0.05) is 22.4 Å². The maximum absolute atomic E-state index is 6.06. The average molecular weight is 442 g/mol. The van der Waals surface area contributed by atoms with Gasteiger partial charge in [0.05, 0.1) is 0 Å². The minimum absolute atomic E-state index is 0.835. The van der Waals surface area contributed by atoms with Gasteiger partial charge in [0.1, 0.15) is 11.3 Å². The molecule has 2 heteroatoms. The Kier molecular flexibility index (Phi) is 6.13. The zero-order chi connectivity index (χ0) is 23.3. The molecule has 0 N–H and O–H groups in total. The maximum atomic E-state index is 6.06. The summed E-state index contributed by atoms with van der Waals surface area (Å²) in [4.78, 5) is 2.28. The van der Waals surface area contributed by atoms with E-state index in [0.717, 1.165) is 33.8 Å². The minimum atomic E-state index is 0.835. The van der Waals surface area contributed by atoms with Crippen LogP contribution in [0.1, 0.15) is 22.5 Å². The van der Waals surface area contributed by atoms with Gasteiger partial charge in [-0.3, -0.25) is 0 Å². The summed E-state index contributed by atoms with van der Waals surface area (Å²) >= 11 is 0. The van der Waals surface area contributed by atoms with Crippen LogP contribution < -0.4 is 4.90 Å². The summed E-state index contributed by atoms with van der Waals surface area (Å²) in [6.45, 7) is 4.23. The number of nitrogens with zero attached hydrogens (tertiary/aromatic N) is 1. The monoisotopic (exact) mass is 441 g/mol. The second-order valence-electron chi connectivity index (χ2n) is 8.51. The number of hydrogen-bond acceptors (Lipinski definition) is 2. The van der Waals surface area contributed by atoms with Crippen molar-refractivity contribution in [2.45, 2.75) is 13.8 Å². The molecule has 1 aromatic heterocycles. The van der Waals surface area contributed by atoms with Crippen molar-refractivity contribution in [2.24, 2.45) is 0 Å². The molecule has 4 aromatic carbocycles. The SMILES string of the molecule is Cc1ccc(N(c2ccc(C)cc2)c2ccc3oc(/C=C/C=C/c4ccccc4)cc3c2)cc1. The van der Waals surface area contributed by atoms with E-state index in [9.17, 15) is 0 Å². The Morgan fingerprint density at radius 2 is 1.18 bits per heavy atom. The highest BCUT2D eigenvalue weighted by Gasteiger charge is 2.14. The minimum Gasteiger partial charge on any atom is -0.457 e. The lowest BCUT2D eigenvalue weighted by atomic mass is 10.1. The van der Waals surface area contributed by atoms with Crippen LogP contribution in [0.2, 0.25) is 0 Å². The van der Waals surface area contributed by atoms with Gasteiger partial charge in [-0.1, -0.05) is 84.0 Å². The highest BCUT2D eigenvalue weighted by Crippen LogP contribution is 2.36. The van der Waals surface area contributed by atoms with Gasteiger partial charge in [-0.2, -0.15) is 0 Å². The molecule has 0 fully saturated rings. The fraction of sp³-hybridized carbons (Fsp3) is 0.0625. The lowest BCUT2D eigenvalue weighted by molar-refractivity contribution is 0.604. The molecule has 0 atom stereocenters. The molecule has 2 nitrogen and oxygen atoms in total. The van der Waals surface area contributed by atoms with Crippen molar-refractivity contribution in [3.63, 3.8) is 0 Å².